The van der Waals surface area contributed by atoms with Gasteiger partial charge in [-0.1, -0.05) is 12.2 Å². The predicted octanol–water partition coefficient (Wildman–Crippen LogP) is 1.68. The predicted molar refractivity (Wildman–Crippen MR) is 62.6 cm³/mol. The molecule has 0 N–H and O–H groups in total. The van der Waals surface area contributed by atoms with Crippen LogP contribution in [-0.4, -0.2) is 34.7 Å². The highest BCUT2D eigenvalue weighted by molar-refractivity contribution is 14.1. The summed E-state index contributed by atoms with van der Waals surface area (Å²) in [6.45, 7) is 5.91. The number of hydrogen-bond donors (Lipinski definition) is 0. The van der Waals surface area contributed by atoms with Crippen LogP contribution < -0.4 is 0 Å². The molecule has 0 fully saturated rings. The van der Waals surface area contributed by atoms with E-state index in [4.69, 9.17) is 13.3 Å². The van der Waals surface area contributed by atoms with Crippen molar-refractivity contribution in [2.75, 3.05) is 21.3 Å². The molecule has 0 aliphatic carbocycles. The van der Waals surface area contributed by atoms with Crippen LogP contribution in [0.3, 0.4) is 0 Å². The maximum atomic E-state index is 5.37. The molecule has 72 valence electrons. The highest BCUT2D eigenvalue weighted by Gasteiger charge is 2.55. The Morgan fingerprint density at radius 1 is 1.17 bits per heavy atom. The van der Waals surface area contributed by atoms with E-state index in [0.29, 0.717) is 0 Å². The second-order valence-corrected chi connectivity index (χ2v) is 22.1. The van der Waals surface area contributed by atoms with Crippen LogP contribution in [0.1, 0.15) is 0 Å². The smallest absolute Gasteiger partial charge is 0.379 e. The first-order valence-corrected chi connectivity index (χ1v) is 11.9. The molecule has 0 amide bonds. The van der Waals surface area contributed by atoms with Gasteiger partial charge in [0.05, 0.1) is 0 Å². The molecule has 3 nitrogen and oxygen atoms in total. The second-order valence-electron chi connectivity index (χ2n) is 2.45. The molecule has 1 atom stereocenters. The van der Waals surface area contributed by atoms with E-state index >= 15 is 0 Å². The van der Waals surface area contributed by atoms with Crippen LogP contribution in [0.25, 0.3) is 0 Å². The van der Waals surface area contributed by atoms with Crippen molar-refractivity contribution in [3.63, 3.8) is 0 Å². The highest BCUT2D eigenvalue weighted by atomic mass is 127. The van der Waals surface area contributed by atoms with Gasteiger partial charge >= 0.3 is 8.32 Å². The highest BCUT2D eigenvalue weighted by Crippen LogP contribution is 2.28. The Kier molecular flexibility index (Phi) is 5.18. The van der Waals surface area contributed by atoms with E-state index in [-0.39, 0.29) is 0 Å². The molecule has 0 spiro atoms. The number of rotatable bonds is 5. The van der Waals surface area contributed by atoms with Crippen LogP contribution in [0, 0.1) is 0 Å². The summed E-state index contributed by atoms with van der Waals surface area (Å²) in [4.78, 5) is 0. The number of hydrogen-bond acceptors (Lipinski definition) is 3. The number of halogens is 1. The van der Waals surface area contributed by atoms with Crippen molar-refractivity contribution in [2.45, 2.75) is 6.55 Å². The maximum absolute atomic E-state index is 5.37. The Morgan fingerprint density at radius 3 is 1.58 bits per heavy atom. The molecular formula is C6H15IO3Si2. The molecular weight excluding hydrogens is 303 g/mol. The lowest BCUT2D eigenvalue weighted by atomic mass is 11.3. The fourth-order valence-electron chi connectivity index (χ4n) is 0.974. The zero-order chi connectivity index (χ0) is 9.83. The van der Waals surface area contributed by atoms with Gasteiger partial charge in [0.25, 0.3) is 0 Å². The fraction of sp³-hybridized carbons (Fsp3) is 0.667. The molecule has 0 aromatic carbocycles. The third kappa shape index (κ3) is 2.18. The second kappa shape index (κ2) is 4.86. The van der Waals surface area contributed by atoms with E-state index in [1.807, 2.05) is 5.70 Å². The Bertz CT molecular complexity index is 151. The van der Waals surface area contributed by atoms with E-state index in [0.717, 1.165) is 0 Å². The lowest BCUT2D eigenvalue weighted by molar-refractivity contribution is 0.147. The van der Waals surface area contributed by atoms with Gasteiger partial charge in [-0.25, -0.2) is 0 Å². The first kappa shape index (κ1) is 12.8. The SMILES string of the molecule is C=C[Si](C)(I)[Si](OC)(OC)OC. The van der Waals surface area contributed by atoms with Crippen LogP contribution in [0.15, 0.2) is 12.3 Å². The minimum absolute atomic E-state index is 1.63. The summed E-state index contributed by atoms with van der Waals surface area (Å²) < 4.78 is 16.1. The lowest BCUT2D eigenvalue weighted by Crippen LogP contribution is -2.61. The molecule has 0 saturated heterocycles. The first-order chi connectivity index (χ1) is 5.49. The van der Waals surface area contributed by atoms with Gasteiger partial charge in [0.15, 0.2) is 0 Å². The molecule has 0 aromatic heterocycles. The van der Waals surface area contributed by atoms with Crippen molar-refractivity contribution in [1.82, 2.24) is 0 Å². The summed E-state index contributed by atoms with van der Waals surface area (Å²) in [5, 5.41) is -1.75. The van der Waals surface area contributed by atoms with Gasteiger partial charge in [-0.05, 0) is 0 Å². The van der Waals surface area contributed by atoms with Crippen molar-refractivity contribution in [2.24, 2.45) is 0 Å². The molecule has 0 rings (SSSR count). The quantitative estimate of drug-likeness (QED) is 0.438. The van der Waals surface area contributed by atoms with Crippen molar-refractivity contribution in [1.29, 1.82) is 0 Å². The van der Waals surface area contributed by atoms with Crippen molar-refractivity contribution < 1.29 is 13.3 Å². The zero-order valence-electron chi connectivity index (χ0n) is 7.89. The minimum atomic E-state index is -2.44. The molecule has 0 bridgehead atoms. The van der Waals surface area contributed by atoms with E-state index < -0.39 is 13.4 Å². The Morgan fingerprint density at radius 2 is 1.50 bits per heavy atom. The maximum Gasteiger partial charge on any atom is 0.486 e. The molecule has 0 heterocycles. The van der Waals surface area contributed by atoms with Gasteiger partial charge < -0.3 is 13.3 Å². The molecule has 0 aromatic rings. The summed E-state index contributed by atoms with van der Waals surface area (Å²) in [6, 6.07) is 0. The van der Waals surface area contributed by atoms with Crippen molar-refractivity contribution in [3.8, 4) is 0 Å². The first-order valence-electron chi connectivity index (χ1n) is 3.47. The minimum Gasteiger partial charge on any atom is -0.379 e. The van der Waals surface area contributed by atoms with Crippen LogP contribution in [-0.2, 0) is 13.3 Å². The molecule has 12 heavy (non-hydrogen) atoms. The summed E-state index contributed by atoms with van der Waals surface area (Å²) in [5.74, 6) is 0. The standard InChI is InChI=1S/C6H15IO3Si2/c1-6-11(5,7)12(8-2,9-3)10-4/h6H,1H2,2-5H3. The van der Waals surface area contributed by atoms with E-state index in [2.05, 4.69) is 34.9 Å². The van der Waals surface area contributed by atoms with E-state index in [1.54, 1.807) is 21.3 Å². The Labute approximate surface area is 88.5 Å². The largest absolute Gasteiger partial charge is 0.486 e. The van der Waals surface area contributed by atoms with Gasteiger partial charge in [-0.3, -0.25) is 0 Å². The average Bonchev–Trinajstić information content (AvgIpc) is 2.08. The topological polar surface area (TPSA) is 27.7 Å². The summed E-state index contributed by atoms with van der Waals surface area (Å²) >= 11 is 2.36. The molecule has 0 radical (unpaired) electrons. The van der Waals surface area contributed by atoms with Crippen LogP contribution >= 0.6 is 21.8 Å². The van der Waals surface area contributed by atoms with E-state index in [1.165, 1.54) is 0 Å². The van der Waals surface area contributed by atoms with Crippen LogP contribution in [0.2, 0.25) is 6.55 Å². The molecule has 0 saturated carbocycles. The van der Waals surface area contributed by atoms with Gasteiger partial charge in [-0.15, -0.1) is 28.4 Å². The molecule has 6 heteroatoms. The monoisotopic (exact) mass is 318 g/mol. The van der Waals surface area contributed by atoms with Gasteiger partial charge in [0, 0.05) is 21.3 Å². The van der Waals surface area contributed by atoms with Crippen molar-refractivity contribution in [3.05, 3.63) is 12.3 Å². The van der Waals surface area contributed by atoms with Crippen LogP contribution in [0.5, 0.6) is 0 Å². The average molecular weight is 318 g/mol. The van der Waals surface area contributed by atoms with Gasteiger partial charge in [-0.2, -0.15) is 0 Å². The Balaban J connectivity index is 4.81. The van der Waals surface area contributed by atoms with Crippen LogP contribution in [0.4, 0.5) is 0 Å². The van der Waals surface area contributed by atoms with Crippen molar-refractivity contribution >= 4 is 35.2 Å². The van der Waals surface area contributed by atoms with E-state index in [9.17, 15) is 0 Å². The van der Waals surface area contributed by atoms with Gasteiger partial charge in [0.2, 0.25) is 5.09 Å². The third-order valence-corrected chi connectivity index (χ3v) is 18.7. The van der Waals surface area contributed by atoms with Gasteiger partial charge in [0.1, 0.15) is 0 Å². The fourth-order valence-corrected chi connectivity index (χ4v) is 13.2. The molecule has 0 aliphatic heterocycles. The summed E-state index contributed by atoms with van der Waals surface area (Å²) in [7, 11) is 2.46. The third-order valence-electron chi connectivity index (χ3n) is 1.79. The summed E-state index contributed by atoms with van der Waals surface area (Å²) in [6.07, 6.45) is 0. The normalized spacial score (nSPS) is 17.1. The Hall–Kier alpha value is 0.784. The lowest BCUT2D eigenvalue weighted by Gasteiger charge is -2.33. The summed E-state index contributed by atoms with van der Waals surface area (Å²) in [5.41, 5.74) is 1.93. The molecule has 1 unspecified atom stereocenters. The molecule has 0 aliphatic rings. The zero-order valence-corrected chi connectivity index (χ0v) is 12.0.